The predicted molar refractivity (Wildman–Crippen MR) is 97.2 cm³/mol. The Labute approximate surface area is 151 Å². The highest BCUT2D eigenvalue weighted by Crippen LogP contribution is 2.35. The zero-order chi connectivity index (χ0) is 17.5. The van der Waals surface area contributed by atoms with Gasteiger partial charge in [-0.15, -0.1) is 0 Å². The van der Waals surface area contributed by atoms with Gasteiger partial charge in [-0.1, -0.05) is 6.42 Å². The first kappa shape index (κ1) is 15.7. The van der Waals surface area contributed by atoms with Crippen LogP contribution >= 0.6 is 0 Å². The van der Waals surface area contributed by atoms with E-state index in [1.807, 2.05) is 18.2 Å². The number of benzene rings is 1. The largest absolute Gasteiger partial charge is 0.478 e. The van der Waals surface area contributed by atoms with Crippen LogP contribution in [0.4, 0.5) is 0 Å². The third-order valence-corrected chi connectivity index (χ3v) is 5.45. The maximum Gasteiger partial charge on any atom is 0.339 e. The minimum absolute atomic E-state index is 0.175. The van der Waals surface area contributed by atoms with Crippen molar-refractivity contribution in [3.8, 4) is 5.75 Å². The van der Waals surface area contributed by atoms with Gasteiger partial charge in [-0.25, -0.2) is 4.79 Å². The van der Waals surface area contributed by atoms with Crippen molar-refractivity contribution in [2.75, 3.05) is 6.73 Å². The number of fused-ring (bicyclic) bond motifs is 5. The molecular formula is C21H21NO4. The summed E-state index contributed by atoms with van der Waals surface area (Å²) in [5, 5.41) is 1.07. The lowest BCUT2D eigenvalue weighted by Crippen LogP contribution is -2.31. The van der Waals surface area contributed by atoms with E-state index >= 15 is 0 Å². The molecule has 0 radical (unpaired) electrons. The van der Waals surface area contributed by atoms with Crippen molar-refractivity contribution in [1.29, 1.82) is 0 Å². The van der Waals surface area contributed by atoms with Crippen LogP contribution in [-0.2, 0) is 25.9 Å². The molecule has 26 heavy (non-hydrogen) atoms. The number of nitrogens with zero attached hydrogens (tertiary/aromatic N) is 1. The molecule has 5 heteroatoms. The molecule has 1 aliphatic heterocycles. The highest BCUT2D eigenvalue weighted by atomic mass is 16.5. The van der Waals surface area contributed by atoms with Crippen molar-refractivity contribution in [3.05, 3.63) is 63.4 Å². The fourth-order valence-corrected chi connectivity index (χ4v) is 4.16. The molecule has 0 unspecified atom stereocenters. The van der Waals surface area contributed by atoms with Gasteiger partial charge < -0.3 is 13.6 Å². The fourth-order valence-electron chi connectivity index (χ4n) is 4.16. The summed E-state index contributed by atoms with van der Waals surface area (Å²) in [5.41, 5.74) is 3.53. The monoisotopic (exact) mass is 351 g/mol. The molecule has 0 amide bonds. The minimum Gasteiger partial charge on any atom is -0.478 e. The maximum absolute atomic E-state index is 12.6. The molecule has 5 rings (SSSR count). The smallest absolute Gasteiger partial charge is 0.339 e. The van der Waals surface area contributed by atoms with Crippen molar-refractivity contribution in [2.45, 2.75) is 45.2 Å². The van der Waals surface area contributed by atoms with Gasteiger partial charge in [0, 0.05) is 17.5 Å². The Morgan fingerprint density at radius 2 is 1.88 bits per heavy atom. The van der Waals surface area contributed by atoms with Crippen LogP contribution in [0.1, 0.15) is 41.7 Å². The first-order valence-electron chi connectivity index (χ1n) is 9.27. The average Bonchev–Trinajstić information content (AvgIpc) is 3.03. The van der Waals surface area contributed by atoms with E-state index in [0.29, 0.717) is 25.4 Å². The zero-order valence-corrected chi connectivity index (χ0v) is 14.6. The van der Waals surface area contributed by atoms with E-state index in [4.69, 9.17) is 13.6 Å². The third-order valence-electron chi connectivity index (χ3n) is 5.45. The van der Waals surface area contributed by atoms with Crippen LogP contribution in [0.3, 0.4) is 0 Å². The van der Waals surface area contributed by atoms with Gasteiger partial charge in [0.05, 0.1) is 18.4 Å². The molecule has 3 heterocycles. The number of aryl methyl sites for hydroxylation is 1. The standard InChI is InChI=1S/C21H21NO4/c23-21-17-7-3-1-2-6-15(17)16-8-9-19-18(20(16)26-21)12-22(13-25-19)11-14-5-4-10-24-14/h4-5,8-10H,1-3,6-7,11-13H2. The molecule has 1 aromatic carbocycles. The van der Waals surface area contributed by atoms with Crippen LogP contribution in [0.5, 0.6) is 5.75 Å². The third kappa shape index (κ3) is 2.63. The SMILES string of the molecule is O=c1oc2c3c(ccc2c2c1CCCCC2)OCN(Cc1ccco1)C3. The summed E-state index contributed by atoms with van der Waals surface area (Å²) in [7, 11) is 0. The molecule has 0 atom stereocenters. The molecule has 2 aromatic heterocycles. The number of hydrogen-bond donors (Lipinski definition) is 0. The van der Waals surface area contributed by atoms with E-state index in [-0.39, 0.29) is 5.63 Å². The van der Waals surface area contributed by atoms with Crippen molar-refractivity contribution in [3.63, 3.8) is 0 Å². The van der Waals surface area contributed by atoms with Gasteiger partial charge in [0.25, 0.3) is 0 Å². The summed E-state index contributed by atoms with van der Waals surface area (Å²) < 4.78 is 17.2. The molecule has 1 aliphatic carbocycles. The minimum atomic E-state index is -0.175. The highest BCUT2D eigenvalue weighted by molar-refractivity contribution is 5.86. The maximum atomic E-state index is 12.6. The Morgan fingerprint density at radius 3 is 2.73 bits per heavy atom. The first-order valence-corrected chi connectivity index (χ1v) is 9.27. The number of ether oxygens (including phenoxy) is 1. The summed E-state index contributed by atoms with van der Waals surface area (Å²) in [5.74, 6) is 1.71. The van der Waals surface area contributed by atoms with Crippen molar-refractivity contribution < 1.29 is 13.6 Å². The van der Waals surface area contributed by atoms with Gasteiger partial charge in [-0.05, 0) is 55.5 Å². The Bertz CT molecular complexity index is 1000. The number of furan rings is 1. The quantitative estimate of drug-likeness (QED) is 0.516. The topological polar surface area (TPSA) is 55.8 Å². The molecular weight excluding hydrogens is 330 g/mol. The van der Waals surface area contributed by atoms with Crippen LogP contribution < -0.4 is 10.4 Å². The van der Waals surface area contributed by atoms with Crippen LogP contribution in [0, 0.1) is 0 Å². The van der Waals surface area contributed by atoms with Crippen LogP contribution in [0.25, 0.3) is 11.0 Å². The molecule has 5 nitrogen and oxygen atoms in total. The second kappa shape index (κ2) is 6.32. The van der Waals surface area contributed by atoms with Gasteiger partial charge in [0.2, 0.25) is 0 Å². The van der Waals surface area contributed by atoms with Gasteiger partial charge in [0.1, 0.15) is 23.8 Å². The second-order valence-electron chi connectivity index (χ2n) is 7.17. The Kier molecular flexibility index (Phi) is 3.82. The lowest BCUT2D eigenvalue weighted by Gasteiger charge is -2.28. The molecule has 2 aliphatic rings. The number of hydrogen-bond acceptors (Lipinski definition) is 5. The van der Waals surface area contributed by atoms with Gasteiger partial charge in [0.15, 0.2) is 0 Å². The summed E-state index contributed by atoms with van der Waals surface area (Å²) in [6.07, 6.45) is 6.81. The van der Waals surface area contributed by atoms with Crippen molar-refractivity contribution >= 4 is 11.0 Å². The number of rotatable bonds is 2. The fraction of sp³-hybridized carbons (Fsp3) is 0.381. The van der Waals surface area contributed by atoms with Crippen LogP contribution in [0.2, 0.25) is 0 Å². The Morgan fingerprint density at radius 1 is 1.00 bits per heavy atom. The van der Waals surface area contributed by atoms with Gasteiger partial charge in [-0.2, -0.15) is 0 Å². The summed E-state index contributed by atoms with van der Waals surface area (Å²) in [6, 6.07) is 7.92. The Balaban J connectivity index is 1.59. The zero-order valence-electron chi connectivity index (χ0n) is 14.6. The van der Waals surface area contributed by atoms with E-state index in [9.17, 15) is 4.79 Å². The molecule has 0 saturated carbocycles. The molecule has 134 valence electrons. The normalized spacial score (nSPS) is 17.4. The molecule has 0 N–H and O–H groups in total. The predicted octanol–water partition coefficient (Wildman–Crippen LogP) is 4.01. The van der Waals surface area contributed by atoms with Gasteiger partial charge >= 0.3 is 5.63 Å². The second-order valence-corrected chi connectivity index (χ2v) is 7.17. The Hall–Kier alpha value is -2.53. The van der Waals surface area contributed by atoms with E-state index < -0.39 is 0 Å². The average molecular weight is 351 g/mol. The van der Waals surface area contributed by atoms with E-state index in [1.54, 1.807) is 6.26 Å². The van der Waals surface area contributed by atoms with Gasteiger partial charge in [-0.3, -0.25) is 4.90 Å². The lowest BCUT2D eigenvalue weighted by molar-refractivity contribution is 0.0826. The van der Waals surface area contributed by atoms with Crippen molar-refractivity contribution in [2.24, 2.45) is 0 Å². The van der Waals surface area contributed by atoms with E-state index in [0.717, 1.165) is 53.7 Å². The van der Waals surface area contributed by atoms with E-state index in [2.05, 4.69) is 11.0 Å². The van der Waals surface area contributed by atoms with Crippen LogP contribution in [0.15, 0.2) is 44.2 Å². The van der Waals surface area contributed by atoms with Crippen molar-refractivity contribution in [1.82, 2.24) is 4.90 Å². The van der Waals surface area contributed by atoms with E-state index in [1.165, 1.54) is 12.0 Å². The first-order chi connectivity index (χ1) is 12.8. The molecule has 0 bridgehead atoms. The van der Waals surface area contributed by atoms with Crippen LogP contribution in [-0.4, -0.2) is 11.6 Å². The molecule has 3 aromatic rings. The molecule has 0 fully saturated rings. The summed E-state index contributed by atoms with van der Waals surface area (Å²) >= 11 is 0. The summed E-state index contributed by atoms with van der Waals surface area (Å²) in [4.78, 5) is 14.8. The molecule has 0 spiro atoms. The lowest BCUT2D eigenvalue weighted by atomic mass is 9.98. The summed E-state index contributed by atoms with van der Waals surface area (Å²) in [6.45, 7) is 1.83. The molecule has 0 saturated heterocycles. The highest BCUT2D eigenvalue weighted by Gasteiger charge is 2.25.